The van der Waals surface area contributed by atoms with E-state index in [-0.39, 0.29) is 0 Å². The average Bonchev–Trinajstić information content (AvgIpc) is 2.67. The van der Waals surface area contributed by atoms with E-state index in [1.165, 1.54) is 0 Å². The second-order valence-electron chi connectivity index (χ2n) is 2.96. The Morgan fingerprint density at radius 1 is 1.27 bits per heavy atom. The smallest absolute Gasteiger partial charge is 0.217 e. The van der Waals surface area contributed by atoms with Gasteiger partial charge in [-0.25, -0.2) is 4.98 Å². The number of hydrogen-bond acceptors (Lipinski definition) is 4. The molecule has 2 aromatic rings. The minimum Gasteiger partial charge on any atom is -0.492 e. The molecule has 0 aliphatic rings. The Bertz CT molecular complexity index is 453. The van der Waals surface area contributed by atoms with Crippen LogP contribution in [0.25, 0.3) is 10.2 Å². The highest BCUT2D eigenvalue weighted by Crippen LogP contribution is 2.32. The molecule has 80 valence electrons. The molecule has 2 heterocycles. The minimum absolute atomic E-state index is 0.619. The van der Waals surface area contributed by atoms with Crippen molar-refractivity contribution in [2.45, 2.75) is 13.8 Å². The maximum Gasteiger partial charge on any atom is 0.217 e. The van der Waals surface area contributed by atoms with Crippen LogP contribution in [0.1, 0.15) is 13.8 Å². The molecule has 2 aromatic heterocycles. The van der Waals surface area contributed by atoms with Gasteiger partial charge in [0.2, 0.25) is 5.88 Å². The Morgan fingerprint density at radius 3 is 2.80 bits per heavy atom. The van der Waals surface area contributed by atoms with Crippen molar-refractivity contribution in [1.82, 2.24) is 4.98 Å². The number of rotatable bonds is 4. The summed E-state index contributed by atoms with van der Waals surface area (Å²) in [5.74, 6) is 1.49. The lowest BCUT2D eigenvalue weighted by Gasteiger charge is -2.07. The average molecular weight is 223 g/mol. The zero-order valence-electron chi connectivity index (χ0n) is 8.82. The molecule has 0 amide bonds. The van der Waals surface area contributed by atoms with Crippen LogP contribution in [-0.2, 0) is 0 Å². The van der Waals surface area contributed by atoms with Crippen LogP contribution in [0.5, 0.6) is 11.6 Å². The maximum atomic E-state index is 5.55. The number of hydrogen-bond donors (Lipinski definition) is 0. The molecule has 15 heavy (non-hydrogen) atoms. The Kier molecular flexibility index (Phi) is 3.06. The Morgan fingerprint density at radius 2 is 2.07 bits per heavy atom. The van der Waals surface area contributed by atoms with Crippen molar-refractivity contribution < 1.29 is 9.47 Å². The summed E-state index contributed by atoms with van der Waals surface area (Å²) < 4.78 is 12.0. The zero-order valence-corrected chi connectivity index (χ0v) is 9.63. The summed E-state index contributed by atoms with van der Waals surface area (Å²) in [4.78, 5) is 4.38. The normalized spacial score (nSPS) is 10.5. The second kappa shape index (κ2) is 4.49. The molecular formula is C11H13NO2S. The van der Waals surface area contributed by atoms with E-state index < -0.39 is 0 Å². The lowest BCUT2D eigenvalue weighted by Crippen LogP contribution is -1.97. The van der Waals surface area contributed by atoms with Gasteiger partial charge in [-0.05, 0) is 25.3 Å². The third kappa shape index (κ3) is 2.04. The molecule has 0 spiro atoms. The molecule has 0 atom stereocenters. The fourth-order valence-electron chi connectivity index (χ4n) is 1.39. The van der Waals surface area contributed by atoms with E-state index in [0.717, 1.165) is 16.0 Å². The van der Waals surface area contributed by atoms with Crippen LogP contribution < -0.4 is 9.47 Å². The van der Waals surface area contributed by atoms with Crippen molar-refractivity contribution in [1.29, 1.82) is 0 Å². The van der Waals surface area contributed by atoms with E-state index >= 15 is 0 Å². The predicted molar refractivity (Wildman–Crippen MR) is 62.0 cm³/mol. The molecule has 0 N–H and O–H groups in total. The van der Waals surface area contributed by atoms with Crippen molar-refractivity contribution in [3.8, 4) is 11.6 Å². The molecule has 3 nitrogen and oxygen atoms in total. The van der Waals surface area contributed by atoms with Gasteiger partial charge in [0, 0.05) is 6.07 Å². The predicted octanol–water partition coefficient (Wildman–Crippen LogP) is 3.09. The van der Waals surface area contributed by atoms with Gasteiger partial charge >= 0.3 is 0 Å². The number of thiophene rings is 1. The van der Waals surface area contributed by atoms with Gasteiger partial charge in [0.15, 0.2) is 0 Å². The van der Waals surface area contributed by atoms with Crippen LogP contribution in [0.4, 0.5) is 0 Å². The Labute approximate surface area is 92.7 Å². The van der Waals surface area contributed by atoms with Gasteiger partial charge in [-0.3, -0.25) is 0 Å². The molecule has 0 unspecified atom stereocenters. The second-order valence-corrected chi connectivity index (χ2v) is 3.88. The first kappa shape index (κ1) is 10.2. The highest BCUT2D eigenvalue weighted by molar-refractivity contribution is 7.17. The van der Waals surface area contributed by atoms with Crippen molar-refractivity contribution in [3.05, 3.63) is 17.5 Å². The summed E-state index contributed by atoms with van der Waals surface area (Å²) in [6.45, 7) is 5.19. The van der Waals surface area contributed by atoms with Gasteiger partial charge in [-0.2, -0.15) is 0 Å². The van der Waals surface area contributed by atoms with E-state index in [2.05, 4.69) is 4.98 Å². The first-order valence-corrected chi connectivity index (χ1v) is 5.87. The topological polar surface area (TPSA) is 31.4 Å². The fourth-order valence-corrected chi connectivity index (χ4v) is 2.19. The van der Waals surface area contributed by atoms with Gasteiger partial charge in [-0.1, -0.05) is 0 Å². The third-order valence-electron chi connectivity index (χ3n) is 1.95. The summed E-state index contributed by atoms with van der Waals surface area (Å²) >= 11 is 1.64. The summed E-state index contributed by atoms with van der Waals surface area (Å²) in [6, 6.07) is 3.83. The molecule has 0 aliphatic heterocycles. The van der Waals surface area contributed by atoms with E-state index in [1.54, 1.807) is 11.3 Å². The minimum atomic E-state index is 0.619. The van der Waals surface area contributed by atoms with E-state index in [4.69, 9.17) is 9.47 Å². The Hall–Kier alpha value is -1.29. The van der Waals surface area contributed by atoms with Crippen LogP contribution in [0.2, 0.25) is 0 Å². The van der Waals surface area contributed by atoms with Crippen molar-refractivity contribution in [2.24, 2.45) is 0 Å². The summed E-state index contributed by atoms with van der Waals surface area (Å²) in [5, 5.41) is 2.01. The SMILES string of the molecule is CCOc1cc(OCC)c2sccc2n1. The largest absolute Gasteiger partial charge is 0.492 e. The number of nitrogens with zero attached hydrogens (tertiary/aromatic N) is 1. The first-order valence-electron chi connectivity index (χ1n) is 4.99. The highest BCUT2D eigenvalue weighted by Gasteiger charge is 2.08. The lowest BCUT2D eigenvalue weighted by molar-refractivity contribution is 0.317. The summed E-state index contributed by atoms with van der Waals surface area (Å²) in [6.07, 6.45) is 0. The first-order chi connectivity index (χ1) is 7.35. The van der Waals surface area contributed by atoms with Crippen LogP contribution >= 0.6 is 11.3 Å². The fraction of sp³-hybridized carbons (Fsp3) is 0.364. The van der Waals surface area contributed by atoms with Gasteiger partial charge in [0.25, 0.3) is 0 Å². The monoisotopic (exact) mass is 223 g/mol. The van der Waals surface area contributed by atoms with E-state index in [0.29, 0.717) is 19.1 Å². The quantitative estimate of drug-likeness (QED) is 0.798. The number of pyridine rings is 1. The lowest BCUT2D eigenvalue weighted by atomic mass is 10.3. The van der Waals surface area contributed by atoms with E-state index in [1.807, 2.05) is 31.4 Å². The number of aromatic nitrogens is 1. The maximum absolute atomic E-state index is 5.55. The van der Waals surface area contributed by atoms with Gasteiger partial charge < -0.3 is 9.47 Å². The van der Waals surface area contributed by atoms with Crippen LogP contribution in [0, 0.1) is 0 Å². The molecule has 0 fully saturated rings. The van der Waals surface area contributed by atoms with Crippen molar-refractivity contribution in [2.75, 3.05) is 13.2 Å². The summed E-state index contributed by atoms with van der Waals surface area (Å²) in [7, 11) is 0. The summed E-state index contributed by atoms with van der Waals surface area (Å²) in [5.41, 5.74) is 0.939. The molecule has 0 bridgehead atoms. The van der Waals surface area contributed by atoms with Crippen LogP contribution in [0.15, 0.2) is 17.5 Å². The Balaban J connectivity index is 2.48. The number of fused-ring (bicyclic) bond motifs is 1. The molecule has 0 aromatic carbocycles. The van der Waals surface area contributed by atoms with Gasteiger partial charge in [-0.15, -0.1) is 11.3 Å². The van der Waals surface area contributed by atoms with Crippen LogP contribution in [0.3, 0.4) is 0 Å². The third-order valence-corrected chi connectivity index (χ3v) is 2.86. The van der Waals surface area contributed by atoms with Crippen molar-refractivity contribution >= 4 is 21.6 Å². The molecule has 0 saturated heterocycles. The van der Waals surface area contributed by atoms with E-state index in [9.17, 15) is 0 Å². The molecular weight excluding hydrogens is 210 g/mol. The zero-order chi connectivity index (χ0) is 10.7. The van der Waals surface area contributed by atoms with Crippen molar-refractivity contribution in [3.63, 3.8) is 0 Å². The molecule has 2 rings (SSSR count). The highest BCUT2D eigenvalue weighted by atomic mass is 32.1. The van der Waals surface area contributed by atoms with Gasteiger partial charge in [0.1, 0.15) is 5.75 Å². The van der Waals surface area contributed by atoms with Crippen LogP contribution in [-0.4, -0.2) is 18.2 Å². The molecule has 0 radical (unpaired) electrons. The molecule has 0 saturated carbocycles. The number of ether oxygens (including phenoxy) is 2. The molecule has 4 heteroatoms. The molecule has 0 aliphatic carbocycles. The standard InChI is InChI=1S/C11H13NO2S/c1-3-13-9-7-10(14-4-2)12-8-5-6-15-11(8)9/h5-7H,3-4H2,1-2H3. The van der Waals surface area contributed by atoms with Gasteiger partial charge in [0.05, 0.1) is 23.4 Å².